The molecule has 3 heterocycles. The number of piperazine rings is 1. The first-order chi connectivity index (χ1) is 12.1. The van der Waals surface area contributed by atoms with Gasteiger partial charge in [0.1, 0.15) is 11.5 Å². The summed E-state index contributed by atoms with van der Waals surface area (Å²) in [5.74, 6) is -0.402. The topological polar surface area (TPSA) is 61.1 Å². The van der Waals surface area contributed by atoms with Crippen LogP contribution in [0.4, 0.5) is 10.1 Å². The number of hydrogen-bond donors (Lipinski definition) is 1. The summed E-state index contributed by atoms with van der Waals surface area (Å²) in [6.45, 7) is 2.11. The van der Waals surface area contributed by atoms with Crippen molar-refractivity contribution in [3.8, 4) is 5.75 Å². The molecule has 0 atom stereocenters. The first kappa shape index (κ1) is 15.4. The summed E-state index contributed by atoms with van der Waals surface area (Å²) in [6.07, 6.45) is 3.34. The molecule has 128 valence electrons. The van der Waals surface area contributed by atoms with Crippen LogP contribution in [0.25, 0.3) is 5.65 Å². The predicted octanol–water partition coefficient (Wildman–Crippen LogP) is 2.14. The summed E-state index contributed by atoms with van der Waals surface area (Å²) < 4.78 is 15.5. The normalized spacial score (nSPS) is 14.9. The number of carbonyl (C=O) groups is 1. The second-order valence-electron chi connectivity index (χ2n) is 5.98. The fourth-order valence-corrected chi connectivity index (χ4v) is 3.12. The third-order valence-corrected chi connectivity index (χ3v) is 4.44. The van der Waals surface area contributed by atoms with Crippen molar-refractivity contribution < 1.29 is 14.3 Å². The van der Waals surface area contributed by atoms with E-state index in [1.165, 1.54) is 12.1 Å². The van der Waals surface area contributed by atoms with E-state index in [2.05, 4.69) is 4.98 Å². The molecule has 0 unspecified atom stereocenters. The molecule has 3 aromatic rings. The van der Waals surface area contributed by atoms with Crippen molar-refractivity contribution in [3.63, 3.8) is 0 Å². The molecule has 1 N–H and O–H groups in total. The monoisotopic (exact) mass is 340 g/mol. The standard InChI is InChI=1S/C18H17FN4O2/c19-13-4-1-2-5-15(13)21-8-10-22(11-9-21)18(25)14-12-23-7-3-6-16(24)17(23)20-14/h1-7,12,24H,8-11H2. The number of aromatic hydroxyl groups is 1. The summed E-state index contributed by atoms with van der Waals surface area (Å²) >= 11 is 0. The highest BCUT2D eigenvalue weighted by Crippen LogP contribution is 2.21. The van der Waals surface area contributed by atoms with Crippen LogP contribution in [0.15, 0.2) is 48.8 Å². The number of anilines is 1. The van der Waals surface area contributed by atoms with E-state index in [-0.39, 0.29) is 17.5 Å². The minimum atomic E-state index is -0.252. The SMILES string of the molecule is O=C(c1cn2cccc(O)c2n1)N1CCN(c2ccccc2F)CC1. The van der Waals surface area contributed by atoms with E-state index >= 15 is 0 Å². The number of imidazole rings is 1. The van der Waals surface area contributed by atoms with Gasteiger partial charge in [0.05, 0.1) is 5.69 Å². The van der Waals surface area contributed by atoms with Crippen molar-refractivity contribution in [1.29, 1.82) is 0 Å². The number of hydrogen-bond acceptors (Lipinski definition) is 4. The van der Waals surface area contributed by atoms with Gasteiger partial charge in [-0.2, -0.15) is 0 Å². The predicted molar refractivity (Wildman–Crippen MR) is 91.4 cm³/mol. The first-order valence-corrected chi connectivity index (χ1v) is 8.09. The van der Waals surface area contributed by atoms with E-state index in [4.69, 9.17) is 0 Å². The molecular formula is C18H17FN4O2. The van der Waals surface area contributed by atoms with Crippen molar-refractivity contribution in [2.45, 2.75) is 0 Å². The lowest BCUT2D eigenvalue weighted by atomic mass is 10.2. The van der Waals surface area contributed by atoms with Crippen LogP contribution in [0.5, 0.6) is 5.75 Å². The molecule has 1 aromatic carbocycles. The average molecular weight is 340 g/mol. The third kappa shape index (κ3) is 2.77. The van der Waals surface area contributed by atoms with E-state index in [1.807, 2.05) is 4.90 Å². The Morgan fingerprint density at radius 3 is 2.56 bits per heavy atom. The van der Waals surface area contributed by atoms with Crippen LogP contribution in [0.1, 0.15) is 10.5 Å². The molecule has 0 spiro atoms. The number of fused-ring (bicyclic) bond motifs is 1. The molecule has 1 aliphatic rings. The van der Waals surface area contributed by atoms with Crippen LogP contribution >= 0.6 is 0 Å². The average Bonchev–Trinajstić information content (AvgIpc) is 3.07. The molecule has 1 saturated heterocycles. The van der Waals surface area contributed by atoms with Crippen molar-refractivity contribution in [2.24, 2.45) is 0 Å². The fourth-order valence-electron chi connectivity index (χ4n) is 3.12. The molecule has 4 rings (SSSR count). The molecule has 0 radical (unpaired) electrons. The van der Waals surface area contributed by atoms with Crippen molar-refractivity contribution >= 4 is 17.2 Å². The Kier molecular flexibility index (Phi) is 3.76. The molecule has 1 amide bonds. The summed E-state index contributed by atoms with van der Waals surface area (Å²) in [7, 11) is 0. The van der Waals surface area contributed by atoms with Gasteiger partial charge in [-0.15, -0.1) is 0 Å². The first-order valence-electron chi connectivity index (χ1n) is 8.09. The van der Waals surface area contributed by atoms with Gasteiger partial charge in [0, 0.05) is 38.6 Å². The number of aromatic nitrogens is 2. The lowest BCUT2D eigenvalue weighted by Gasteiger charge is -2.35. The van der Waals surface area contributed by atoms with Crippen LogP contribution in [-0.2, 0) is 0 Å². The second-order valence-corrected chi connectivity index (χ2v) is 5.98. The van der Waals surface area contributed by atoms with Gasteiger partial charge in [-0.1, -0.05) is 12.1 Å². The Morgan fingerprint density at radius 1 is 1.08 bits per heavy atom. The Balaban J connectivity index is 1.49. The lowest BCUT2D eigenvalue weighted by Crippen LogP contribution is -2.49. The fraction of sp³-hybridized carbons (Fsp3) is 0.222. The highest BCUT2D eigenvalue weighted by molar-refractivity contribution is 5.93. The maximum Gasteiger partial charge on any atom is 0.274 e. The number of halogens is 1. The van der Waals surface area contributed by atoms with Crippen molar-refractivity contribution in [2.75, 3.05) is 31.1 Å². The summed E-state index contributed by atoms with van der Waals surface area (Å²) in [5.41, 5.74) is 1.21. The van der Waals surface area contributed by atoms with Crippen LogP contribution in [-0.4, -0.2) is 51.5 Å². The highest BCUT2D eigenvalue weighted by atomic mass is 19.1. The number of rotatable bonds is 2. The number of nitrogens with zero attached hydrogens (tertiary/aromatic N) is 4. The summed E-state index contributed by atoms with van der Waals surface area (Å²) in [4.78, 5) is 20.5. The van der Waals surface area contributed by atoms with Gasteiger partial charge >= 0.3 is 0 Å². The van der Waals surface area contributed by atoms with Gasteiger partial charge in [0.25, 0.3) is 5.91 Å². The number of amides is 1. The van der Waals surface area contributed by atoms with E-state index in [0.29, 0.717) is 43.2 Å². The molecule has 2 aromatic heterocycles. The molecule has 25 heavy (non-hydrogen) atoms. The molecule has 7 heteroatoms. The molecule has 6 nitrogen and oxygen atoms in total. The number of pyridine rings is 1. The number of benzene rings is 1. The zero-order chi connectivity index (χ0) is 17.4. The zero-order valence-corrected chi connectivity index (χ0v) is 13.5. The third-order valence-electron chi connectivity index (χ3n) is 4.44. The van der Waals surface area contributed by atoms with Crippen LogP contribution < -0.4 is 4.90 Å². The Bertz CT molecular complexity index is 932. The highest BCUT2D eigenvalue weighted by Gasteiger charge is 2.25. The van der Waals surface area contributed by atoms with E-state index in [0.717, 1.165) is 0 Å². The summed E-state index contributed by atoms with van der Waals surface area (Å²) in [6, 6.07) is 9.87. The molecule has 1 aliphatic heterocycles. The lowest BCUT2D eigenvalue weighted by molar-refractivity contribution is 0.0741. The molecular weight excluding hydrogens is 323 g/mol. The van der Waals surface area contributed by atoms with Gasteiger partial charge in [0.15, 0.2) is 11.4 Å². The smallest absolute Gasteiger partial charge is 0.274 e. The number of para-hydroxylation sites is 1. The van der Waals surface area contributed by atoms with Gasteiger partial charge < -0.3 is 19.3 Å². The van der Waals surface area contributed by atoms with E-state index in [1.54, 1.807) is 46.0 Å². The quantitative estimate of drug-likeness (QED) is 0.776. The zero-order valence-electron chi connectivity index (χ0n) is 13.5. The molecule has 0 bridgehead atoms. The maximum atomic E-state index is 13.9. The molecule has 0 saturated carbocycles. The largest absolute Gasteiger partial charge is 0.504 e. The maximum absolute atomic E-state index is 13.9. The van der Waals surface area contributed by atoms with Gasteiger partial charge in [-0.25, -0.2) is 9.37 Å². The van der Waals surface area contributed by atoms with Crippen LogP contribution in [0.3, 0.4) is 0 Å². The molecule has 1 fully saturated rings. The summed E-state index contributed by atoms with van der Waals surface area (Å²) in [5, 5.41) is 9.81. The van der Waals surface area contributed by atoms with E-state index in [9.17, 15) is 14.3 Å². The number of carbonyl (C=O) groups excluding carboxylic acids is 1. The van der Waals surface area contributed by atoms with E-state index < -0.39 is 0 Å². The van der Waals surface area contributed by atoms with Gasteiger partial charge in [-0.3, -0.25) is 4.79 Å². The Hall–Kier alpha value is -3.09. The van der Waals surface area contributed by atoms with Crippen molar-refractivity contribution in [3.05, 3.63) is 60.3 Å². The Labute approximate surface area is 143 Å². The van der Waals surface area contributed by atoms with Crippen molar-refractivity contribution in [1.82, 2.24) is 14.3 Å². The van der Waals surface area contributed by atoms with Gasteiger partial charge in [-0.05, 0) is 24.3 Å². The minimum absolute atomic E-state index is 0.0333. The second kappa shape index (κ2) is 6.08. The van der Waals surface area contributed by atoms with Gasteiger partial charge in [0.2, 0.25) is 0 Å². The minimum Gasteiger partial charge on any atom is -0.504 e. The van der Waals surface area contributed by atoms with Crippen LogP contribution in [0, 0.1) is 5.82 Å². The van der Waals surface area contributed by atoms with Crippen LogP contribution in [0.2, 0.25) is 0 Å². The molecule has 0 aliphatic carbocycles. The Morgan fingerprint density at radius 2 is 1.84 bits per heavy atom.